The lowest BCUT2D eigenvalue weighted by molar-refractivity contribution is -0.207. The molecule has 0 spiro atoms. The van der Waals surface area contributed by atoms with Gasteiger partial charge in [0.25, 0.3) is 6.29 Å². The lowest BCUT2D eigenvalue weighted by Crippen LogP contribution is -2.35. The van der Waals surface area contributed by atoms with Crippen LogP contribution in [0.25, 0.3) is 0 Å². The molecule has 0 heterocycles. The Labute approximate surface area is 121 Å². The molecule has 1 atom stereocenters. The van der Waals surface area contributed by atoms with E-state index in [9.17, 15) is 4.79 Å². The average molecular weight is 280 g/mol. The molecule has 112 valence electrons. The number of hydrogen-bond donors (Lipinski definition) is 0. The second-order valence-electron chi connectivity index (χ2n) is 5.53. The summed E-state index contributed by atoms with van der Waals surface area (Å²) in [4.78, 5) is 12.0. The largest absolute Gasteiger partial charge is 0.456 e. The zero-order valence-electron chi connectivity index (χ0n) is 12.7. The number of benzene rings is 1. The van der Waals surface area contributed by atoms with Crippen LogP contribution in [-0.2, 0) is 25.6 Å². The molecular formula is C16H24O4. The van der Waals surface area contributed by atoms with Gasteiger partial charge in [0.05, 0.1) is 13.2 Å². The minimum absolute atomic E-state index is 0.314. The first-order valence-corrected chi connectivity index (χ1v) is 6.92. The van der Waals surface area contributed by atoms with Gasteiger partial charge in [0.2, 0.25) is 0 Å². The highest BCUT2D eigenvalue weighted by Crippen LogP contribution is 2.12. The third kappa shape index (κ3) is 6.68. The van der Waals surface area contributed by atoms with Crippen molar-refractivity contribution in [3.8, 4) is 0 Å². The van der Waals surface area contributed by atoms with Crippen LogP contribution in [0.3, 0.4) is 0 Å². The van der Waals surface area contributed by atoms with Gasteiger partial charge >= 0.3 is 5.97 Å². The molecule has 0 saturated heterocycles. The zero-order valence-corrected chi connectivity index (χ0v) is 12.7. The number of ether oxygens (including phenoxy) is 3. The molecule has 4 nitrogen and oxygen atoms in total. The van der Waals surface area contributed by atoms with Crippen LogP contribution in [0.4, 0.5) is 0 Å². The van der Waals surface area contributed by atoms with Crippen molar-refractivity contribution in [3.63, 3.8) is 0 Å². The molecule has 1 rings (SSSR count). The van der Waals surface area contributed by atoms with Crippen LogP contribution >= 0.6 is 0 Å². The Balaban J connectivity index is 2.57. The zero-order chi connectivity index (χ0) is 15.0. The molecule has 0 saturated carbocycles. The van der Waals surface area contributed by atoms with Crippen molar-refractivity contribution in [1.82, 2.24) is 0 Å². The van der Waals surface area contributed by atoms with Crippen LogP contribution in [-0.4, -0.2) is 24.5 Å². The summed E-state index contributed by atoms with van der Waals surface area (Å²) in [5, 5.41) is 0. The number of carbonyl (C=O) groups excluding carboxylic acids is 1. The van der Waals surface area contributed by atoms with Gasteiger partial charge in [-0.15, -0.1) is 0 Å². The minimum Gasteiger partial charge on any atom is -0.456 e. The predicted octanol–water partition coefficient (Wildman–Crippen LogP) is 3.30. The Morgan fingerprint density at radius 1 is 1.15 bits per heavy atom. The van der Waals surface area contributed by atoms with Crippen LogP contribution in [0.15, 0.2) is 30.3 Å². The van der Waals surface area contributed by atoms with E-state index in [-0.39, 0.29) is 0 Å². The second-order valence-corrected chi connectivity index (χ2v) is 5.53. The standard InChI is InChI=1S/C16H24O4/c1-5-11-18-15(14(17)20-16(2,3)4)19-12-13-9-7-6-8-10-13/h6-10,15H,5,11-12H2,1-4H3. The van der Waals surface area contributed by atoms with Crippen LogP contribution < -0.4 is 0 Å². The Hall–Kier alpha value is -1.39. The predicted molar refractivity (Wildman–Crippen MR) is 77.1 cm³/mol. The molecule has 0 aliphatic carbocycles. The minimum atomic E-state index is -0.977. The summed E-state index contributed by atoms with van der Waals surface area (Å²) in [6.07, 6.45) is -0.164. The van der Waals surface area contributed by atoms with Gasteiger partial charge in [0, 0.05) is 0 Å². The summed E-state index contributed by atoms with van der Waals surface area (Å²) in [5.74, 6) is -0.484. The summed E-state index contributed by atoms with van der Waals surface area (Å²) in [6.45, 7) is 8.20. The molecule has 0 aromatic heterocycles. The lowest BCUT2D eigenvalue weighted by Gasteiger charge is -2.24. The first-order valence-electron chi connectivity index (χ1n) is 6.92. The first-order chi connectivity index (χ1) is 9.42. The molecule has 1 aromatic carbocycles. The van der Waals surface area contributed by atoms with Crippen LogP contribution in [0.5, 0.6) is 0 Å². The Kier molecular flexibility index (Phi) is 6.68. The Bertz CT molecular complexity index is 395. The molecule has 0 aliphatic rings. The lowest BCUT2D eigenvalue weighted by atomic mass is 10.2. The van der Waals surface area contributed by atoms with Crippen molar-refractivity contribution in [2.24, 2.45) is 0 Å². The van der Waals surface area contributed by atoms with Gasteiger partial charge < -0.3 is 14.2 Å². The summed E-state index contributed by atoms with van der Waals surface area (Å²) in [7, 11) is 0. The van der Waals surface area contributed by atoms with Crippen LogP contribution in [0.1, 0.15) is 39.7 Å². The van der Waals surface area contributed by atoms with Crippen molar-refractivity contribution in [1.29, 1.82) is 0 Å². The van der Waals surface area contributed by atoms with E-state index in [0.717, 1.165) is 12.0 Å². The number of hydrogen-bond acceptors (Lipinski definition) is 4. The summed E-state index contributed by atoms with van der Waals surface area (Å²) in [6, 6.07) is 9.66. The highest BCUT2D eigenvalue weighted by atomic mass is 16.7. The quantitative estimate of drug-likeness (QED) is 0.568. The van der Waals surface area contributed by atoms with Gasteiger partial charge in [0.15, 0.2) is 0 Å². The number of carbonyl (C=O) groups is 1. The van der Waals surface area contributed by atoms with Gasteiger partial charge in [-0.25, -0.2) is 4.79 Å². The van der Waals surface area contributed by atoms with Crippen LogP contribution in [0, 0.1) is 0 Å². The summed E-state index contributed by atoms with van der Waals surface area (Å²) in [5.41, 5.74) is 0.433. The fourth-order valence-electron chi connectivity index (χ4n) is 1.51. The van der Waals surface area contributed by atoms with E-state index < -0.39 is 17.9 Å². The molecule has 1 unspecified atom stereocenters. The maximum Gasteiger partial charge on any atom is 0.364 e. The molecular weight excluding hydrogens is 256 g/mol. The van der Waals surface area contributed by atoms with E-state index in [0.29, 0.717) is 13.2 Å². The van der Waals surface area contributed by atoms with Gasteiger partial charge in [-0.1, -0.05) is 37.3 Å². The molecule has 0 radical (unpaired) electrons. The first kappa shape index (κ1) is 16.7. The number of rotatable bonds is 7. The summed E-state index contributed by atoms with van der Waals surface area (Å²) >= 11 is 0. The maximum absolute atomic E-state index is 12.0. The maximum atomic E-state index is 12.0. The highest BCUT2D eigenvalue weighted by Gasteiger charge is 2.26. The molecule has 0 bridgehead atoms. The van der Waals surface area contributed by atoms with Gasteiger partial charge in [-0.05, 0) is 32.8 Å². The molecule has 0 amide bonds. The molecule has 0 N–H and O–H groups in total. The van der Waals surface area contributed by atoms with Gasteiger partial charge in [-0.3, -0.25) is 0 Å². The molecule has 0 fully saturated rings. The third-order valence-corrected chi connectivity index (χ3v) is 2.32. The molecule has 20 heavy (non-hydrogen) atoms. The van der Waals surface area contributed by atoms with Gasteiger partial charge in [0.1, 0.15) is 5.60 Å². The highest BCUT2D eigenvalue weighted by molar-refractivity contribution is 5.73. The molecule has 1 aromatic rings. The van der Waals surface area contributed by atoms with E-state index in [1.807, 2.05) is 58.0 Å². The van der Waals surface area contributed by atoms with Crippen molar-refractivity contribution >= 4 is 5.97 Å². The number of esters is 1. The molecule has 0 aliphatic heterocycles. The van der Waals surface area contributed by atoms with E-state index >= 15 is 0 Å². The molecule has 4 heteroatoms. The second kappa shape index (κ2) is 8.02. The SMILES string of the molecule is CCCOC(OCc1ccccc1)C(=O)OC(C)(C)C. The summed E-state index contributed by atoms with van der Waals surface area (Å²) < 4.78 is 16.3. The van der Waals surface area contributed by atoms with Crippen molar-refractivity contribution in [2.45, 2.75) is 52.6 Å². The van der Waals surface area contributed by atoms with Crippen molar-refractivity contribution < 1.29 is 19.0 Å². The topological polar surface area (TPSA) is 44.8 Å². The fraction of sp³-hybridized carbons (Fsp3) is 0.562. The monoisotopic (exact) mass is 280 g/mol. The van der Waals surface area contributed by atoms with Crippen molar-refractivity contribution in [3.05, 3.63) is 35.9 Å². The van der Waals surface area contributed by atoms with E-state index in [1.54, 1.807) is 0 Å². The van der Waals surface area contributed by atoms with Gasteiger partial charge in [-0.2, -0.15) is 0 Å². The van der Waals surface area contributed by atoms with E-state index in [2.05, 4.69) is 0 Å². The Morgan fingerprint density at radius 2 is 1.80 bits per heavy atom. The Morgan fingerprint density at radius 3 is 2.35 bits per heavy atom. The van der Waals surface area contributed by atoms with E-state index in [1.165, 1.54) is 0 Å². The van der Waals surface area contributed by atoms with Crippen molar-refractivity contribution in [2.75, 3.05) is 6.61 Å². The smallest absolute Gasteiger partial charge is 0.364 e. The van der Waals surface area contributed by atoms with E-state index in [4.69, 9.17) is 14.2 Å². The average Bonchev–Trinajstić information content (AvgIpc) is 2.38. The normalized spacial score (nSPS) is 13.0. The fourth-order valence-corrected chi connectivity index (χ4v) is 1.51. The third-order valence-electron chi connectivity index (χ3n) is 2.32. The van der Waals surface area contributed by atoms with Crippen LogP contribution in [0.2, 0.25) is 0 Å².